The lowest BCUT2D eigenvalue weighted by molar-refractivity contribution is 0.356. The number of para-hydroxylation sites is 1. The summed E-state index contributed by atoms with van der Waals surface area (Å²) in [6, 6.07) is 15.4. The molecule has 0 aliphatic rings. The summed E-state index contributed by atoms with van der Waals surface area (Å²) in [4.78, 5) is 21.9. The maximum Gasteiger partial charge on any atom is 0.262 e. The van der Waals surface area contributed by atoms with E-state index in [-0.39, 0.29) is 5.56 Å². The molecule has 8 nitrogen and oxygen atoms in total. The molecule has 4 rings (SSSR count). The number of nitrogens with one attached hydrogen (secondary N) is 1. The van der Waals surface area contributed by atoms with Crippen molar-refractivity contribution in [1.29, 1.82) is 0 Å². The van der Waals surface area contributed by atoms with Crippen molar-refractivity contribution < 1.29 is 9.47 Å². The zero-order chi connectivity index (χ0) is 27.1. The Balaban J connectivity index is 1.48. The predicted molar refractivity (Wildman–Crippen MR) is 153 cm³/mol. The fourth-order valence-electron chi connectivity index (χ4n) is 4.08. The van der Waals surface area contributed by atoms with Crippen LogP contribution in [0.25, 0.3) is 16.5 Å². The summed E-state index contributed by atoms with van der Waals surface area (Å²) in [5.41, 5.74) is 10.4. The molecule has 38 heavy (non-hydrogen) atoms. The van der Waals surface area contributed by atoms with Gasteiger partial charge in [0.05, 0.1) is 25.3 Å². The third kappa shape index (κ3) is 5.75. The van der Waals surface area contributed by atoms with Gasteiger partial charge in [0.15, 0.2) is 11.5 Å². The fraction of sp³-hybridized carbons (Fsp3) is 0.167. The quantitative estimate of drug-likeness (QED) is 0.286. The number of pyridine rings is 1. The smallest absolute Gasteiger partial charge is 0.262 e. The molecular weight excluding hydrogens is 478 g/mol. The minimum atomic E-state index is -0.195. The van der Waals surface area contributed by atoms with E-state index in [0.717, 1.165) is 34.1 Å². The molecule has 0 atom stereocenters. The second-order valence-electron chi connectivity index (χ2n) is 8.65. The van der Waals surface area contributed by atoms with Crippen LogP contribution in [0, 0.1) is 0 Å². The standard InChI is InChI=1S/C30H31N5O3/c1-20(25-19-33-30(35(2)29(25)36)34-23-8-6-5-7-9-23)10-11-21(18-31)12-13-22-14-15-32-26-17-28(38-4)27(37-3)16-24(22)26/h5-11,14-19H,1,12-13,31H2,2-4H3,(H,33,34)/b11-10-,21-18+. The summed E-state index contributed by atoms with van der Waals surface area (Å²) in [6.45, 7) is 4.08. The Morgan fingerprint density at radius 3 is 2.53 bits per heavy atom. The maximum atomic E-state index is 13.0. The third-order valence-corrected chi connectivity index (χ3v) is 6.28. The largest absolute Gasteiger partial charge is 0.493 e. The van der Waals surface area contributed by atoms with Crippen LogP contribution in [0.1, 0.15) is 17.5 Å². The molecule has 4 aromatic rings. The molecule has 0 bridgehead atoms. The monoisotopic (exact) mass is 509 g/mol. The van der Waals surface area contributed by atoms with Crippen molar-refractivity contribution in [3.63, 3.8) is 0 Å². The molecule has 2 heterocycles. The summed E-state index contributed by atoms with van der Waals surface area (Å²) in [5.74, 6) is 1.74. The van der Waals surface area contributed by atoms with E-state index in [2.05, 4.69) is 21.9 Å². The Kier molecular flexibility index (Phi) is 8.23. The second kappa shape index (κ2) is 11.9. The van der Waals surface area contributed by atoms with Crippen LogP contribution < -0.4 is 26.1 Å². The van der Waals surface area contributed by atoms with Gasteiger partial charge < -0.3 is 20.5 Å². The van der Waals surface area contributed by atoms with Gasteiger partial charge in [-0.3, -0.25) is 14.3 Å². The topological polar surface area (TPSA) is 104 Å². The van der Waals surface area contributed by atoms with Crippen LogP contribution in [0.4, 0.5) is 11.6 Å². The van der Waals surface area contributed by atoms with Crippen molar-refractivity contribution in [2.45, 2.75) is 12.8 Å². The van der Waals surface area contributed by atoms with Gasteiger partial charge in [-0.1, -0.05) is 36.9 Å². The van der Waals surface area contributed by atoms with Gasteiger partial charge in [0.2, 0.25) is 5.95 Å². The number of aromatic nitrogens is 3. The highest BCUT2D eigenvalue weighted by Gasteiger charge is 2.11. The SMILES string of the molecule is C=C(/C=C\C(=C/N)CCc1ccnc2cc(OC)c(OC)cc12)c1cnc(Nc2ccccc2)n(C)c1=O. The lowest BCUT2D eigenvalue weighted by atomic mass is 10.00. The molecule has 2 aromatic carbocycles. The van der Waals surface area contributed by atoms with Crippen LogP contribution in [0.3, 0.4) is 0 Å². The minimum absolute atomic E-state index is 0.195. The molecule has 0 aliphatic carbocycles. The minimum Gasteiger partial charge on any atom is -0.493 e. The lowest BCUT2D eigenvalue weighted by Gasteiger charge is -2.12. The van der Waals surface area contributed by atoms with E-state index >= 15 is 0 Å². The Morgan fingerprint density at radius 1 is 1.08 bits per heavy atom. The molecule has 0 unspecified atom stereocenters. The van der Waals surface area contributed by atoms with Crippen molar-refractivity contribution in [2.75, 3.05) is 19.5 Å². The molecule has 0 saturated carbocycles. The van der Waals surface area contributed by atoms with Crippen molar-refractivity contribution in [3.05, 3.63) is 113 Å². The normalized spacial score (nSPS) is 11.6. The van der Waals surface area contributed by atoms with Gasteiger partial charge in [-0.05, 0) is 60.0 Å². The highest BCUT2D eigenvalue weighted by atomic mass is 16.5. The van der Waals surface area contributed by atoms with Gasteiger partial charge in [0.1, 0.15) is 0 Å². The van der Waals surface area contributed by atoms with E-state index in [0.29, 0.717) is 35.0 Å². The summed E-state index contributed by atoms with van der Waals surface area (Å²) in [5, 5.41) is 4.15. The molecule has 194 valence electrons. The first-order valence-corrected chi connectivity index (χ1v) is 12.1. The Labute approximate surface area is 221 Å². The van der Waals surface area contributed by atoms with Crippen LogP contribution in [0.15, 0.2) is 96.2 Å². The van der Waals surface area contributed by atoms with Crippen LogP contribution in [-0.4, -0.2) is 28.8 Å². The number of nitrogens with zero attached hydrogens (tertiary/aromatic N) is 3. The number of rotatable bonds is 10. The number of ether oxygens (including phenoxy) is 2. The van der Waals surface area contributed by atoms with Gasteiger partial charge in [0.25, 0.3) is 5.56 Å². The zero-order valence-electron chi connectivity index (χ0n) is 21.8. The molecule has 0 spiro atoms. The third-order valence-electron chi connectivity index (χ3n) is 6.28. The Hall–Kier alpha value is -4.85. The number of fused-ring (bicyclic) bond motifs is 1. The fourth-order valence-corrected chi connectivity index (χ4v) is 4.08. The number of methoxy groups -OCH3 is 2. The maximum absolute atomic E-state index is 13.0. The molecular formula is C30H31N5O3. The average molecular weight is 510 g/mol. The number of aryl methyl sites for hydroxylation is 1. The molecule has 3 N–H and O–H groups in total. The van der Waals surface area contributed by atoms with Gasteiger partial charge in [-0.15, -0.1) is 0 Å². The number of hydrogen-bond donors (Lipinski definition) is 2. The molecule has 0 radical (unpaired) electrons. The summed E-state index contributed by atoms with van der Waals surface area (Å²) >= 11 is 0. The van der Waals surface area contributed by atoms with E-state index in [1.165, 1.54) is 10.8 Å². The van der Waals surface area contributed by atoms with E-state index in [9.17, 15) is 4.79 Å². The van der Waals surface area contributed by atoms with Gasteiger partial charge in [0, 0.05) is 36.6 Å². The second-order valence-corrected chi connectivity index (χ2v) is 8.65. The molecule has 8 heteroatoms. The molecule has 0 fully saturated rings. The highest BCUT2D eigenvalue weighted by Crippen LogP contribution is 2.33. The van der Waals surface area contributed by atoms with Crippen LogP contribution >= 0.6 is 0 Å². The highest BCUT2D eigenvalue weighted by molar-refractivity contribution is 5.85. The van der Waals surface area contributed by atoms with Gasteiger partial charge >= 0.3 is 0 Å². The lowest BCUT2D eigenvalue weighted by Crippen LogP contribution is -2.23. The van der Waals surface area contributed by atoms with Gasteiger partial charge in [-0.25, -0.2) is 4.98 Å². The molecule has 2 aromatic heterocycles. The predicted octanol–water partition coefficient (Wildman–Crippen LogP) is 5.13. The zero-order valence-corrected chi connectivity index (χ0v) is 21.8. The number of benzene rings is 2. The number of hydrogen-bond acceptors (Lipinski definition) is 7. The average Bonchev–Trinajstić information content (AvgIpc) is 2.95. The summed E-state index contributed by atoms with van der Waals surface area (Å²) in [7, 11) is 4.90. The first kappa shape index (κ1) is 26.2. The van der Waals surface area contributed by atoms with E-state index < -0.39 is 0 Å². The van der Waals surface area contributed by atoms with E-state index in [1.54, 1.807) is 39.7 Å². The van der Waals surface area contributed by atoms with Crippen molar-refractivity contribution in [2.24, 2.45) is 12.8 Å². The first-order valence-electron chi connectivity index (χ1n) is 12.1. The van der Waals surface area contributed by atoms with E-state index in [1.807, 2.05) is 54.6 Å². The summed E-state index contributed by atoms with van der Waals surface area (Å²) < 4.78 is 12.3. The van der Waals surface area contributed by atoms with Crippen molar-refractivity contribution >= 4 is 28.1 Å². The van der Waals surface area contributed by atoms with Crippen molar-refractivity contribution in [3.8, 4) is 11.5 Å². The number of nitrogens with two attached hydrogens (primary N) is 1. The number of anilines is 2. The van der Waals surface area contributed by atoms with Crippen LogP contribution in [0.5, 0.6) is 11.5 Å². The first-order chi connectivity index (χ1) is 18.4. The van der Waals surface area contributed by atoms with Crippen molar-refractivity contribution in [1.82, 2.24) is 14.5 Å². The van der Waals surface area contributed by atoms with Crippen LogP contribution in [-0.2, 0) is 13.5 Å². The molecule has 0 amide bonds. The molecule has 0 aliphatic heterocycles. The van der Waals surface area contributed by atoms with Crippen LogP contribution in [0.2, 0.25) is 0 Å². The summed E-state index contributed by atoms with van der Waals surface area (Å²) in [6.07, 6.45) is 9.98. The van der Waals surface area contributed by atoms with E-state index in [4.69, 9.17) is 15.2 Å². The Morgan fingerprint density at radius 2 is 1.82 bits per heavy atom. The number of allylic oxidation sites excluding steroid dienone is 4. The molecule has 0 saturated heterocycles. The Bertz CT molecular complexity index is 1570. The van der Waals surface area contributed by atoms with Gasteiger partial charge in [-0.2, -0.15) is 0 Å².